The summed E-state index contributed by atoms with van der Waals surface area (Å²) < 4.78 is 5.73. The predicted octanol–water partition coefficient (Wildman–Crippen LogP) is 4.18. The van der Waals surface area contributed by atoms with Crippen LogP contribution in [0.3, 0.4) is 0 Å². The molecule has 1 aliphatic rings. The lowest BCUT2D eigenvalue weighted by atomic mass is 9.96. The molecule has 2 rings (SSSR count). The number of rotatable bonds is 7. The third-order valence-corrected chi connectivity index (χ3v) is 4.54. The lowest BCUT2D eigenvalue weighted by Gasteiger charge is -2.20. The first-order valence-electron chi connectivity index (χ1n) is 8.70. The van der Waals surface area contributed by atoms with Crippen LogP contribution in [0.25, 0.3) is 0 Å². The lowest BCUT2D eigenvalue weighted by Crippen LogP contribution is -2.26. The second kappa shape index (κ2) is 8.60. The van der Waals surface area contributed by atoms with Crippen LogP contribution >= 0.6 is 0 Å². The molecule has 3 heteroatoms. The highest BCUT2D eigenvalue weighted by Crippen LogP contribution is 2.23. The number of nitrogens with zero attached hydrogens (tertiary/aromatic N) is 1. The van der Waals surface area contributed by atoms with Gasteiger partial charge in [-0.3, -0.25) is 4.90 Å². The van der Waals surface area contributed by atoms with Gasteiger partial charge in [0.15, 0.2) is 0 Å². The monoisotopic (exact) mass is 292 g/mol. The summed E-state index contributed by atoms with van der Waals surface area (Å²) in [6.07, 6.45) is 8.67. The molecule has 2 heterocycles. The van der Waals surface area contributed by atoms with Crippen LogP contribution < -0.4 is 5.32 Å². The van der Waals surface area contributed by atoms with E-state index < -0.39 is 0 Å². The van der Waals surface area contributed by atoms with E-state index in [1.165, 1.54) is 50.8 Å². The Labute approximate surface area is 130 Å². The summed E-state index contributed by atoms with van der Waals surface area (Å²) in [6.45, 7) is 11.0. The molecular weight excluding hydrogens is 260 g/mol. The zero-order valence-electron chi connectivity index (χ0n) is 14.0. The standard InChI is InChI=1S/C18H32N2O/c1-4-6-16-7-5-10-20(11-8-16)14-18-17(9-12-21-18)13-19-15(2)3/h9,12,15-16,19H,4-8,10-11,13-14H2,1-3H3. The van der Waals surface area contributed by atoms with Gasteiger partial charge in [0, 0.05) is 18.2 Å². The minimum absolute atomic E-state index is 0.515. The molecule has 1 aromatic heterocycles. The maximum absolute atomic E-state index is 5.73. The Hall–Kier alpha value is -0.800. The number of hydrogen-bond donors (Lipinski definition) is 1. The molecule has 0 amide bonds. The Kier molecular flexibility index (Phi) is 6.78. The number of hydrogen-bond acceptors (Lipinski definition) is 3. The Balaban J connectivity index is 1.85. The fourth-order valence-electron chi connectivity index (χ4n) is 3.26. The van der Waals surface area contributed by atoms with E-state index in [0.717, 1.165) is 24.8 Å². The average molecular weight is 292 g/mol. The van der Waals surface area contributed by atoms with Crippen LogP contribution in [0.1, 0.15) is 64.2 Å². The van der Waals surface area contributed by atoms with Crippen LogP contribution in [0.4, 0.5) is 0 Å². The number of furan rings is 1. The van der Waals surface area contributed by atoms with Crippen LogP contribution in [-0.2, 0) is 13.1 Å². The number of likely N-dealkylation sites (tertiary alicyclic amines) is 1. The molecule has 0 aliphatic carbocycles. The smallest absolute Gasteiger partial charge is 0.122 e. The molecule has 1 aliphatic heterocycles. The molecule has 0 spiro atoms. The van der Waals surface area contributed by atoms with Crippen LogP contribution in [0.5, 0.6) is 0 Å². The van der Waals surface area contributed by atoms with E-state index >= 15 is 0 Å². The molecule has 0 saturated carbocycles. The quantitative estimate of drug-likeness (QED) is 0.817. The average Bonchev–Trinajstić information content (AvgIpc) is 2.77. The van der Waals surface area contributed by atoms with Crippen molar-refractivity contribution < 1.29 is 4.42 Å². The fraction of sp³-hybridized carbons (Fsp3) is 0.778. The molecule has 1 atom stereocenters. The van der Waals surface area contributed by atoms with Crippen molar-refractivity contribution in [1.82, 2.24) is 10.2 Å². The van der Waals surface area contributed by atoms with Crippen molar-refractivity contribution in [3.63, 3.8) is 0 Å². The van der Waals surface area contributed by atoms with Gasteiger partial charge in [-0.25, -0.2) is 0 Å². The maximum atomic E-state index is 5.73. The number of nitrogens with one attached hydrogen (secondary N) is 1. The first-order chi connectivity index (χ1) is 10.2. The van der Waals surface area contributed by atoms with Crippen LogP contribution in [0, 0.1) is 5.92 Å². The first-order valence-corrected chi connectivity index (χ1v) is 8.70. The van der Waals surface area contributed by atoms with E-state index in [2.05, 4.69) is 37.1 Å². The molecule has 1 unspecified atom stereocenters. The molecule has 0 aromatic carbocycles. The highest BCUT2D eigenvalue weighted by molar-refractivity contribution is 5.17. The van der Waals surface area contributed by atoms with Gasteiger partial charge in [-0.1, -0.05) is 33.6 Å². The summed E-state index contributed by atoms with van der Waals surface area (Å²) in [5, 5.41) is 3.48. The van der Waals surface area contributed by atoms with E-state index in [4.69, 9.17) is 4.42 Å². The minimum Gasteiger partial charge on any atom is -0.468 e. The van der Waals surface area contributed by atoms with Crippen LogP contribution in [-0.4, -0.2) is 24.0 Å². The third kappa shape index (κ3) is 5.48. The van der Waals surface area contributed by atoms with Crippen molar-refractivity contribution in [2.75, 3.05) is 13.1 Å². The molecule has 1 aromatic rings. The first kappa shape index (κ1) is 16.6. The van der Waals surface area contributed by atoms with Crippen molar-refractivity contribution in [3.05, 3.63) is 23.7 Å². The second-order valence-electron chi connectivity index (χ2n) is 6.77. The molecule has 1 N–H and O–H groups in total. The SMILES string of the molecule is CCCC1CCCN(Cc2occc2CNC(C)C)CC1. The van der Waals surface area contributed by atoms with Crippen molar-refractivity contribution in [1.29, 1.82) is 0 Å². The van der Waals surface area contributed by atoms with Crippen molar-refractivity contribution in [2.24, 2.45) is 5.92 Å². The van der Waals surface area contributed by atoms with E-state index in [0.29, 0.717) is 6.04 Å². The minimum atomic E-state index is 0.515. The van der Waals surface area contributed by atoms with E-state index in [1.54, 1.807) is 0 Å². The summed E-state index contributed by atoms with van der Waals surface area (Å²) in [5.74, 6) is 2.09. The summed E-state index contributed by atoms with van der Waals surface area (Å²) in [4.78, 5) is 2.58. The van der Waals surface area contributed by atoms with Gasteiger partial charge >= 0.3 is 0 Å². The Morgan fingerprint density at radius 3 is 2.95 bits per heavy atom. The van der Waals surface area contributed by atoms with Gasteiger partial charge < -0.3 is 9.73 Å². The summed E-state index contributed by atoms with van der Waals surface area (Å²) in [5.41, 5.74) is 1.32. The molecule has 1 fully saturated rings. The van der Waals surface area contributed by atoms with Crippen LogP contribution in [0.2, 0.25) is 0 Å². The Bertz CT molecular complexity index is 400. The predicted molar refractivity (Wildman–Crippen MR) is 88.2 cm³/mol. The van der Waals surface area contributed by atoms with Gasteiger partial charge in [-0.2, -0.15) is 0 Å². The highest BCUT2D eigenvalue weighted by Gasteiger charge is 2.18. The molecular formula is C18H32N2O. The summed E-state index contributed by atoms with van der Waals surface area (Å²) >= 11 is 0. The second-order valence-corrected chi connectivity index (χ2v) is 6.77. The van der Waals surface area contributed by atoms with E-state index in [9.17, 15) is 0 Å². The van der Waals surface area contributed by atoms with Gasteiger partial charge in [0.2, 0.25) is 0 Å². The van der Waals surface area contributed by atoms with Gasteiger partial charge in [-0.15, -0.1) is 0 Å². The van der Waals surface area contributed by atoms with Gasteiger partial charge in [0.25, 0.3) is 0 Å². The van der Waals surface area contributed by atoms with Gasteiger partial charge in [0.1, 0.15) is 5.76 Å². The van der Waals surface area contributed by atoms with Crippen molar-refractivity contribution >= 4 is 0 Å². The molecule has 3 nitrogen and oxygen atoms in total. The Morgan fingerprint density at radius 2 is 2.19 bits per heavy atom. The molecule has 1 saturated heterocycles. The van der Waals surface area contributed by atoms with E-state index in [1.807, 2.05) is 6.26 Å². The Morgan fingerprint density at radius 1 is 1.33 bits per heavy atom. The normalized spacial score (nSPS) is 20.9. The zero-order chi connectivity index (χ0) is 15.1. The zero-order valence-corrected chi connectivity index (χ0v) is 14.0. The van der Waals surface area contributed by atoms with Crippen molar-refractivity contribution in [2.45, 2.75) is 72.0 Å². The third-order valence-electron chi connectivity index (χ3n) is 4.54. The summed E-state index contributed by atoms with van der Waals surface area (Å²) in [7, 11) is 0. The largest absolute Gasteiger partial charge is 0.468 e. The maximum Gasteiger partial charge on any atom is 0.122 e. The van der Waals surface area contributed by atoms with Crippen LogP contribution in [0.15, 0.2) is 16.7 Å². The van der Waals surface area contributed by atoms with E-state index in [-0.39, 0.29) is 0 Å². The summed E-state index contributed by atoms with van der Waals surface area (Å²) in [6, 6.07) is 2.63. The lowest BCUT2D eigenvalue weighted by molar-refractivity contribution is 0.247. The van der Waals surface area contributed by atoms with Crippen molar-refractivity contribution in [3.8, 4) is 0 Å². The molecule has 21 heavy (non-hydrogen) atoms. The highest BCUT2D eigenvalue weighted by atomic mass is 16.3. The molecule has 0 radical (unpaired) electrons. The van der Waals surface area contributed by atoms with Gasteiger partial charge in [-0.05, 0) is 44.3 Å². The van der Waals surface area contributed by atoms with Gasteiger partial charge in [0.05, 0.1) is 12.8 Å². The molecule has 120 valence electrons. The topological polar surface area (TPSA) is 28.4 Å². The fourth-order valence-corrected chi connectivity index (χ4v) is 3.26. The molecule has 0 bridgehead atoms.